The fourth-order valence-electron chi connectivity index (χ4n) is 4.70. The third-order valence-corrected chi connectivity index (χ3v) is 8.47. The van der Waals surface area contributed by atoms with E-state index in [-0.39, 0.29) is 22.1 Å². The Kier molecular flexibility index (Phi) is 8.17. The van der Waals surface area contributed by atoms with Crippen LogP contribution in [0.5, 0.6) is 0 Å². The number of nitrogens with one attached hydrogen (secondary N) is 2. The van der Waals surface area contributed by atoms with Crippen molar-refractivity contribution in [2.24, 2.45) is 0 Å². The van der Waals surface area contributed by atoms with Gasteiger partial charge in [-0.3, -0.25) is 9.59 Å². The molecule has 2 amide bonds. The van der Waals surface area contributed by atoms with Gasteiger partial charge in [-0.25, -0.2) is 0 Å². The number of thioether (sulfide) groups is 1. The maximum atomic E-state index is 13.3. The van der Waals surface area contributed by atoms with Crippen LogP contribution in [0.15, 0.2) is 89.8 Å². The molecular weight excluding hydrogens is 549 g/mol. The zero-order valence-electron chi connectivity index (χ0n) is 21.5. The number of amides is 2. The second-order valence-electron chi connectivity index (χ2n) is 9.10. The topological polar surface area (TPSA) is 63.1 Å². The Hall–Kier alpha value is -3.45. The zero-order chi connectivity index (χ0) is 27.5. The van der Waals surface area contributed by atoms with Crippen LogP contribution in [0.4, 0.5) is 11.4 Å². The van der Waals surface area contributed by atoms with Crippen molar-refractivity contribution in [1.82, 2.24) is 4.57 Å². The fourth-order valence-corrected chi connectivity index (χ4v) is 6.21. The van der Waals surface area contributed by atoms with Crippen LogP contribution in [0.3, 0.4) is 0 Å². The first-order valence-electron chi connectivity index (χ1n) is 12.7. The van der Waals surface area contributed by atoms with Crippen molar-refractivity contribution < 1.29 is 9.59 Å². The van der Waals surface area contributed by atoms with Gasteiger partial charge < -0.3 is 15.2 Å². The van der Waals surface area contributed by atoms with E-state index >= 15 is 0 Å². The van der Waals surface area contributed by atoms with Crippen LogP contribution in [0.1, 0.15) is 30.6 Å². The van der Waals surface area contributed by atoms with Crippen LogP contribution in [0, 0.1) is 0 Å². The van der Waals surface area contributed by atoms with Crippen molar-refractivity contribution in [2.45, 2.75) is 37.0 Å². The van der Waals surface area contributed by atoms with E-state index in [1.54, 1.807) is 18.2 Å². The van der Waals surface area contributed by atoms with E-state index in [4.69, 9.17) is 23.2 Å². The monoisotopic (exact) mass is 575 g/mol. The molecule has 39 heavy (non-hydrogen) atoms. The van der Waals surface area contributed by atoms with Gasteiger partial charge in [0.25, 0.3) is 5.91 Å². The molecule has 0 aliphatic heterocycles. The number of aryl methyl sites for hydroxylation is 1. The molecular formula is C31H27Cl2N3O2S. The summed E-state index contributed by atoms with van der Waals surface area (Å²) in [6.45, 7) is 5.00. The molecule has 0 radical (unpaired) electrons. The third kappa shape index (κ3) is 5.78. The number of nitrogens with zero attached hydrogens (tertiary/aromatic N) is 1. The highest BCUT2D eigenvalue weighted by molar-refractivity contribution is 8.00. The highest BCUT2D eigenvalue weighted by Crippen LogP contribution is 2.33. The Morgan fingerprint density at radius 1 is 0.821 bits per heavy atom. The van der Waals surface area contributed by atoms with Crippen molar-refractivity contribution in [1.29, 1.82) is 0 Å². The minimum absolute atomic E-state index is 0.0662. The van der Waals surface area contributed by atoms with Gasteiger partial charge in [0.2, 0.25) is 5.91 Å². The molecule has 0 bridgehead atoms. The van der Waals surface area contributed by atoms with Gasteiger partial charge in [0.05, 0.1) is 15.8 Å². The van der Waals surface area contributed by atoms with E-state index in [0.29, 0.717) is 22.7 Å². The highest BCUT2D eigenvalue weighted by Gasteiger charge is 2.20. The maximum absolute atomic E-state index is 13.3. The van der Waals surface area contributed by atoms with Gasteiger partial charge in [0, 0.05) is 49.6 Å². The molecule has 0 saturated heterocycles. The molecule has 2 N–H and O–H groups in total. The number of benzene rings is 4. The van der Waals surface area contributed by atoms with Crippen molar-refractivity contribution in [3.05, 3.63) is 101 Å². The SMILES string of the molecule is CCC(Sc1cccc(NC(=O)c2ccc(Cl)cc2Cl)c1)C(=O)Nc1ccc2c(c1)c1ccccc1n2CC. The summed E-state index contributed by atoms with van der Waals surface area (Å²) in [4.78, 5) is 26.9. The molecule has 5 rings (SSSR count). The average molecular weight is 577 g/mol. The molecule has 0 aliphatic rings. The number of hydrogen-bond donors (Lipinski definition) is 2. The van der Waals surface area contributed by atoms with Crippen LogP contribution in [-0.2, 0) is 11.3 Å². The molecule has 4 aromatic carbocycles. The van der Waals surface area contributed by atoms with Gasteiger partial charge >= 0.3 is 0 Å². The predicted octanol–water partition coefficient (Wildman–Crippen LogP) is 8.88. The van der Waals surface area contributed by atoms with E-state index in [2.05, 4.69) is 46.4 Å². The molecule has 198 valence electrons. The number of para-hydroxylation sites is 1. The predicted molar refractivity (Wildman–Crippen MR) is 165 cm³/mol. The van der Waals surface area contributed by atoms with Gasteiger partial charge in [0.1, 0.15) is 0 Å². The Balaban J connectivity index is 1.30. The molecule has 1 atom stereocenters. The lowest BCUT2D eigenvalue weighted by Crippen LogP contribution is -2.24. The maximum Gasteiger partial charge on any atom is 0.257 e. The number of anilines is 2. The van der Waals surface area contributed by atoms with Crippen molar-refractivity contribution in [3.63, 3.8) is 0 Å². The quantitative estimate of drug-likeness (QED) is 0.181. The zero-order valence-corrected chi connectivity index (χ0v) is 23.8. The van der Waals surface area contributed by atoms with Gasteiger partial charge in [-0.05, 0) is 74.0 Å². The number of aromatic nitrogens is 1. The molecule has 5 nitrogen and oxygen atoms in total. The standard InChI is InChI=1S/C31H27Cl2N3O2S/c1-3-29(39-22-9-7-8-20(17-22)34-30(37)24-14-12-19(32)16-26(24)33)31(38)35-21-13-15-28-25(18-21)23-10-5-6-11-27(23)36(28)4-2/h5-18,29H,3-4H2,1-2H3,(H,34,37)(H,35,38). The molecule has 5 aromatic rings. The molecule has 1 unspecified atom stereocenters. The van der Waals surface area contributed by atoms with E-state index in [9.17, 15) is 9.59 Å². The Morgan fingerprint density at radius 2 is 1.59 bits per heavy atom. The lowest BCUT2D eigenvalue weighted by atomic mass is 10.1. The Morgan fingerprint density at radius 3 is 2.36 bits per heavy atom. The number of halogens is 2. The summed E-state index contributed by atoms with van der Waals surface area (Å²) in [5.74, 6) is -0.396. The van der Waals surface area contributed by atoms with Crippen LogP contribution in [0.2, 0.25) is 10.0 Å². The van der Waals surface area contributed by atoms with E-state index in [1.165, 1.54) is 28.7 Å². The van der Waals surface area contributed by atoms with Crippen LogP contribution < -0.4 is 10.6 Å². The number of carbonyl (C=O) groups excluding carboxylic acids is 2. The second-order valence-corrected chi connectivity index (χ2v) is 11.2. The Bertz CT molecular complexity index is 1700. The van der Waals surface area contributed by atoms with E-state index in [1.807, 2.05) is 43.3 Å². The summed E-state index contributed by atoms with van der Waals surface area (Å²) in [6, 6.07) is 26.6. The molecule has 0 aliphatic carbocycles. The van der Waals surface area contributed by atoms with Crippen LogP contribution in [-0.4, -0.2) is 21.6 Å². The number of rotatable bonds is 8. The fraction of sp³-hybridized carbons (Fsp3) is 0.161. The lowest BCUT2D eigenvalue weighted by molar-refractivity contribution is -0.115. The first-order valence-corrected chi connectivity index (χ1v) is 14.4. The number of hydrogen-bond acceptors (Lipinski definition) is 3. The average Bonchev–Trinajstić information content (AvgIpc) is 3.24. The third-order valence-electron chi connectivity index (χ3n) is 6.57. The minimum atomic E-state index is -0.330. The first-order chi connectivity index (χ1) is 18.9. The Labute approximate surface area is 241 Å². The van der Waals surface area contributed by atoms with Crippen LogP contribution >= 0.6 is 35.0 Å². The number of fused-ring (bicyclic) bond motifs is 3. The first kappa shape index (κ1) is 27.1. The van der Waals surface area contributed by atoms with Gasteiger partial charge in [-0.1, -0.05) is 54.4 Å². The van der Waals surface area contributed by atoms with Gasteiger partial charge in [-0.2, -0.15) is 0 Å². The summed E-state index contributed by atoms with van der Waals surface area (Å²) in [6.07, 6.45) is 0.644. The normalized spacial score (nSPS) is 12.0. The minimum Gasteiger partial charge on any atom is -0.341 e. The van der Waals surface area contributed by atoms with E-state index < -0.39 is 0 Å². The highest BCUT2D eigenvalue weighted by atomic mass is 35.5. The van der Waals surface area contributed by atoms with E-state index in [0.717, 1.165) is 28.0 Å². The smallest absolute Gasteiger partial charge is 0.257 e. The molecule has 0 fully saturated rings. The molecule has 1 aromatic heterocycles. The van der Waals surface area contributed by atoms with Gasteiger partial charge in [-0.15, -0.1) is 11.8 Å². The lowest BCUT2D eigenvalue weighted by Gasteiger charge is -2.16. The van der Waals surface area contributed by atoms with Gasteiger partial charge in [0.15, 0.2) is 0 Å². The second kappa shape index (κ2) is 11.7. The summed E-state index contributed by atoms with van der Waals surface area (Å²) in [5, 5.41) is 8.72. The molecule has 8 heteroatoms. The molecule has 1 heterocycles. The summed E-state index contributed by atoms with van der Waals surface area (Å²) >= 11 is 13.6. The van der Waals surface area contributed by atoms with Crippen molar-refractivity contribution >= 4 is 80.0 Å². The summed E-state index contributed by atoms with van der Waals surface area (Å²) in [5.41, 5.74) is 4.06. The molecule has 0 saturated carbocycles. The van der Waals surface area contributed by atoms with Crippen molar-refractivity contribution in [2.75, 3.05) is 10.6 Å². The largest absolute Gasteiger partial charge is 0.341 e. The molecule has 0 spiro atoms. The van der Waals surface area contributed by atoms with Crippen molar-refractivity contribution in [3.8, 4) is 0 Å². The number of carbonyl (C=O) groups is 2. The summed E-state index contributed by atoms with van der Waals surface area (Å²) < 4.78 is 2.29. The van der Waals surface area contributed by atoms with Crippen LogP contribution in [0.25, 0.3) is 21.8 Å². The summed E-state index contributed by atoms with van der Waals surface area (Å²) in [7, 11) is 0.